The Morgan fingerprint density at radius 1 is 1.18 bits per heavy atom. The van der Waals surface area contributed by atoms with Gasteiger partial charge >= 0.3 is 5.69 Å². The number of hydrogen-bond acceptors (Lipinski definition) is 5. The van der Waals surface area contributed by atoms with E-state index in [1.165, 1.54) is 17.7 Å². The summed E-state index contributed by atoms with van der Waals surface area (Å²) in [6, 6.07) is 4.62. The predicted octanol–water partition coefficient (Wildman–Crippen LogP) is 2.06. The van der Waals surface area contributed by atoms with E-state index in [9.17, 15) is 14.4 Å². The molecule has 0 bridgehead atoms. The number of carbonyl (C=O) groups excluding carboxylic acids is 1. The maximum atomic E-state index is 13.0. The molecule has 0 atom stereocenters. The molecule has 1 fully saturated rings. The minimum absolute atomic E-state index is 0.103. The van der Waals surface area contributed by atoms with Gasteiger partial charge in [-0.1, -0.05) is 23.2 Å². The van der Waals surface area contributed by atoms with Crippen LogP contribution in [0, 0.1) is 0 Å². The smallest absolute Gasteiger partial charge is 0.332 e. The quantitative estimate of drug-likeness (QED) is 0.780. The highest BCUT2D eigenvalue weighted by molar-refractivity contribution is 6.35. The van der Waals surface area contributed by atoms with Gasteiger partial charge in [0.2, 0.25) is 5.91 Å². The molecule has 1 aliphatic rings. The zero-order valence-electron chi connectivity index (χ0n) is 15.4. The van der Waals surface area contributed by atoms with Gasteiger partial charge in [0, 0.05) is 25.2 Å². The number of benzene rings is 1. The number of halogens is 2. The van der Waals surface area contributed by atoms with E-state index in [2.05, 4.69) is 5.32 Å². The van der Waals surface area contributed by atoms with E-state index in [1.807, 2.05) is 4.90 Å². The third-order valence-corrected chi connectivity index (χ3v) is 5.31. The van der Waals surface area contributed by atoms with Crippen molar-refractivity contribution in [3.8, 4) is 0 Å². The first-order valence-corrected chi connectivity index (χ1v) is 9.64. The van der Waals surface area contributed by atoms with E-state index in [-0.39, 0.29) is 11.5 Å². The Morgan fingerprint density at radius 3 is 2.54 bits per heavy atom. The Morgan fingerprint density at radius 2 is 1.86 bits per heavy atom. The maximum Gasteiger partial charge on any atom is 0.332 e. The standard InChI is InChI=1S/C18H21Cl2N5O3/c1-23-16(21)15(24-7-3-2-4-8-24)17(27)25(18(23)28)10-14(26)22-13-9-11(19)5-6-12(13)20/h5-6,9H,2-4,7-8,10,21H2,1H3,(H,22,26). The number of amides is 1. The summed E-state index contributed by atoms with van der Waals surface area (Å²) >= 11 is 12.0. The third-order valence-electron chi connectivity index (χ3n) is 4.75. The number of nitrogens with two attached hydrogens (primary N) is 1. The molecule has 1 aromatic carbocycles. The van der Waals surface area contributed by atoms with E-state index in [0.29, 0.717) is 28.8 Å². The van der Waals surface area contributed by atoms with Crippen molar-refractivity contribution in [1.29, 1.82) is 0 Å². The van der Waals surface area contributed by atoms with Crippen molar-refractivity contribution < 1.29 is 4.79 Å². The molecular weight excluding hydrogens is 405 g/mol. The fraction of sp³-hybridized carbons (Fsp3) is 0.389. The van der Waals surface area contributed by atoms with Crippen molar-refractivity contribution in [2.75, 3.05) is 29.0 Å². The van der Waals surface area contributed by atoms with Crippen molar-refractivity contribution >= 4 is 46.3 Å². The molecule has 10 heteroatoms. The first kappa shape index (κ1) is 20.3. The summed E-state index contributed by atoms with van der Waals surface area (Å²) in [5.41, 5.74) is 5.38. The SMILES string of the molecule is Cn1c(N)c(N2CCCCC2)c(=O)n(CC(=O)Nc2cc(Cl)ccc2Cl)c1=O. The summed E-state index contributed by atoms with van der Waals surface area (Å²) in [6.07, 6.45) is 2.96. The summed E-state index contributed by atoms with van der Waals surface area (Å²) in [7, 11) is 1.48. The Kier molecular flexibility index (Phi) is 6.00. The zero-order valence-corrected chi connectivity index (χ0v) is 16.9. The maximum absolute atomic E-state index is 13.0. The molecule has 28 heavy (non-hydrogen) atoms. The topological polar surface area (TPSA) is 102 Å². The molecule has 150 valence electrons. The second-order valence-corrected chi connectivity index (χ2v) is 7.53. The van der Waals surface area contributed by atoms with Gasteiger partial charge in [-0.05, 0) is 37.5 Å². The van der Waals surface area contributed by atoms with Gasteiger partial charge in [-0.3, -0.25) is 14.2 Å². The number of aromatic nitrogens is 2. The number of nitrogen functional groups attached to an aromatic ring is 1. The Labute approximate surface area is 171 Å². The minimum atomic E-state index is -0.657. The van der Waals surface area contributed by atoms with Crippen molar-refractivity contribution in [2.45, 2.75) is 25.8 Å². The van der Waals surface area contributed by atoms with Gasteiger partial charge in [-0.15, -0.1) is 0 Å². The van der Waals surface area contributed by atoms with Crippen molar-refractivity contribution in [3.05, 3.63) is 49.1 Å². The summed E-state index contributed by atoms with van der Waals surface area (Å²) in [4.78, 5) is 39.9. The number of nitrogens with zero attached hydrogens (tertiary/aromatic N) is 3. The lowest BCUT2D eigenvalue weighted by atomic mass is 10.1. The number of piperidine rings is 1. The summed E-state index contributed by atoms with van der Waals surface area (Å²) < 4.78 is 2.07. The molecule has 0 saturated carbocycles. The van der Waals surface area contributed by atoms with Crippen LogP contribution in [-0.4, -0.2) is 28.1 Å². The molecule has 0 aliphatic carbocycles. The van der Waals surface area contributed by atoms with Crippen molar-refractivity contribution in [3.63, 3.8) is 0 Å². The number of rotatable bonds is 4. The Hall–Kier alpha value is -2.45. The van der Waals surface area contributed by atoms with Crippen LogP contribution in [0.4, 0.5) is 17.2 Å². The van der Waals surface area contributed by atoms with E-state index in [4.69, 9.17) is 28.9 Å². The third kappa shape index (κ3) is 4.02. The molecule has 2 aromatic rings. The molecular formula is C18H21Cl2N5O3. The van der Waals surface area contributed by atoms with Crippen LogP contribution in [0.15, 0.2) is 27.8 Å². The molecule has 0 unspecified atom stereocenters. The van der Waals surface area contributed by atoms with Gasteiger partial charge in [0.05, 0.1) is 10.7 Å². The van der Waals surface area contributed by atoms with Gasteiger partial charge in [0.25, 0.3) is 5.56 Å². The fourth-order valence-corrected chi connectivity index (χ4v) is 3.58. The van der Waals surface area contributed by atoms with E-state index in [1.54, 1.807) is 12.1 Å². The molecule has 2 heterocycles. The molecule has 1 saturated heterocycles. The molecule has 1 aromatic heterocycles. The van der Waals surface area contributed by atoms with Gasteiger partial charge in [-0.25, -0.2) is 9.36 Å². The summed E-state index contributed by atoms with van der Waals surface area (Å²) in [6.45, 7) is 0.902. The van der Waals surface area contributed by atoms with Gasteiger partial charge < -0.3 is 16.0 Å². The molecule has 3 rings (SSSR count). The van der Waals surface area contributed by atoms with E-state index >= 15 is 0 Å². The summed E-state index contributed by atoms with van der Waals surface area (Å²) in [5.74, 6) is -0.468. The van der Waals surface area contributed by atoms with Gasteiger partial charge in [-0.2, -0.15) is 0 Å². The number of carbonyl (C=O) groups is 1. The average molecular weight is 426 g/mol. The normalized spacial score (nSPS) is 14.2. The van der Waals surface area contributed by atoms with Crippen LogP contribution in [0.5, 0.6) is 0 Å². The van der Waals surface area contributed by atoms with Gasteiger partial charge in [0.1, 0.15) is 18.1 Å². The highest BCUT2D eigenvalue weighted by atomic mass is 35.5. The highest BCUT2D eigenvalue weighted by Crippen LogP contribution is 2.25. The second kappa shape index (κ2) is 8.28. The predicted molar refractivity (Wildman–Crippen MR) is 112 cm³/mol. The van der Waals surface area contributed by atoms with Crippen LogP contribution in [0.2, 0.25) is 10.0 Å². The lowest BCUT2D eigenvalue weighted by molar-refractivity contribution is -0.116. The van der Waals surface area contributed by atoms with E-state index in [0.717, 1.165) is 23.8 Å². The van der Waals surface area contributed by atoms with Crippen molar-refractivity contribution in [2.24, 2.45) is 7.05 Å². The first-order valence-electron chi connectivity index (χ1n) is 8.88. The Bertz CT molecular complexity index is 1030. The lowest BCUT2D eigenvalue weighted by Crippen LogP contribution is -2.46. The Balaban J connectivity index is 1.94. The molecule has 1 amide bonds. The monoisotopic (exact) mass is 425 g/mol. The average Bonchev–Trinajstić information content (AvgIpc) is 2.67. The fourth-order valence-electron chi connectivity index (χ4n) is 3.25. The summed E-state index contributed by atoms with van der Waals surface area (Å²) in [5, 5.41) is 3.27. The largest absolute Gasteiger partial charge is 0.383 e. The van der Waals surface area contributed by atoms with Crippen LogP contribution in [0.25, 0.3) is 0 Å². The molecule has 8 nitrogen and oxygen atoms in total. The zero-order chi connectivity index (χ0) is 20.4. The molecule has 1 aliphatic heterocycles. The first-order chi connectivity index (χ1) is 13.3. The van der Waals surface area contributed by atoms with Gasteiger partial charge in [0.15, 0.2) is 0 Å². The van der Waals surface area contributed by atoms with Crippen LogP contribution in [0.1, 0.15) is 19.3 Å². The second-order valence-electron chi connectivity index (χ2n) is 6.69. The highest BCUT2D eigenvalue weighted by Gasteiger charge is 2.23. The number of hydrogen-bond donors (Lipinski definition) is 2. The molecule has 3 N–H and O–H groups in total. The van der Waals surface area contributed by atoms with E-state index < -0.39 is 23.7 Å². The van der Waals surface area contributed by atoms with Crippen LogP contribution < -0.4 is 27.2 Å². The van der Waals surface area contributed by atoms with Crippen LogP contribution >= 0.6 is 23.2 Å². The van der Waals surface area contributed by atoms with Crippen LogP contribution in [0.3, 0.4) is 0 Å². The molecule has 0 radical (unpaired) electrons. The number of anilines is 3. The molecule has 0 spiro atoms. The number of nitrogens with one attached hydrogen (secondary N) is 1. The van der Waals surface area contributed by atoms with Crippen LogP contribution in [-0.2, 0) is 18.4 Å². The van der Waals surface area contributed by atoms with Crippen molar-refractivity contribution in [1.82, 2.24) is 9.13 Å². The minimum Gasteiger partial charge on any atom is -0.383 e. The lowest BCUT2D eigenvalue weighted by Gasteiger charge is -2.29.